The molecule has 0 amide bonds. The zero-order valence-corrected chi connectivity index (χ0v) is 6.15. The monoisotopic (exact) mass is 151 g/mol. The van der Waals surface area contributed by atoms with Crippen molar-refractivity contribution in [2.45, 2.75) is 0 Å². The van der Waals surface area contributed by atoms with Crippen LogP contribution in [0.25, 0.3) is 5.78 Å². The molecule has 3 N–H and O–H groups in total. The standard InChI is InChI=1S/C6H9N5/c1-8-11-3-2-10-5(7)4-9-6(10)11/h2-4,8H,7H2,1H3. The van der Waals surface area contributed by atoms with E-state index < -0.39 is 0 Å². The van der Waals surface area contributed by atoms with E-state index in [4.69, 9.17) is 5.73 Å². The minimum absolute atomic E-state index is 0.647. The molecule has 0 spiro atoms. The molecule has 58 valence electrons. The van der Waals surface area contributed by atoms with Gasteiger partial charge in [0.05, 0.1) is 6.20 Å². The molecule has 5 heteroatoms. The Bertz CT molecular complexity index is 371. The smallest absolute Gasteiger partial charge is 0.234 e. The zero-order chi connectivity index (χ0) is 7.84. The molecule has 0 aliphatic carbocycles. The number of nitrogens with one attached hydrogen (secondary N) is 1. The first-order chi connectivity index (χ1) is 5.33. The van der Waals surface area contributed by atoms with Crippen LogP contribution in [0.4, 0.5) is 5.82 Å². The van der Waals surface area contributed by atoms with Gasteiger partial charge >= 0.3 is 0 Å². The van der Waals surface area contributed by atoms with Crippen molar-refractivity contribution >= 4 is 11.6 Å². The third-order valence-electron chi connectivity index (χ3n) is 1.63. The highest BCUT2D eigenvalue weighted by Crippen LogP contribution is 2.06. The molecule has 11 heavy (non-hydrogen) atoms. The highest BCUT2D eigenvalue weighted by molar-refractivity contribution is 5.43. The Morgan fingerprint density at radius 3 is 3.09 bits per heavy atom. The van der Waals surface area contributed by atoms with Gasteiger partial charge in [-0.25, -0.2) is 9.66 Å². The number of anilines is 1. The molecule has 0 saturated carbocycles. The first-order valence-corrected chi connectivity index (χ1v) is 3.30. The molecule has 0 aliphatic rings. The van der Waals surface area contributed by atoms with Gasteiger partial charge in [-0.1, -0.05) is 0 Å². The fraction of sp³-hybridized carbons (Fsp3) is 0.167. The minimum Gasteiger partial charge on any atom is -0.383 e. The lowest BCUT2D eigenvalue weighted by molar-refractivity contribution is 0.946. The number of nitrogen functional groups attached to an aromatic ring is 1. The second-order valence-electron chi connectivity index (χ2n) is 2.24. The first kappa shape index (κ1) is 6.09. The lowest BCUT2D eigenvalue weighted by Gasteiger charge is -1.97. The van der Waals surface area contributed by atoms with Crippen LogP contribution in [0.15, 0.2) is 18.6 Å². The average molecular weight is 151 g/mol. The summed E-state index contributed by atoms with van der Waals surface area (Å²) in [4.78, 5) is 4.09. The number of aromatic nitrogens is 3. The zero-order valence-electron chi connectivity index (χ0n) is 6.15. The summed E-state index contributed by atoms with van der Waals surface area (Å²) in [5, 5.41) is 0. The second-order valence-corrected chi connectivity index (χ2v) is 2.24. The summed E-state index contributed by atoms with van der Waals surface area (Å²) >= 11 is 0. The van der Waals surface area contributed by atoms with Crippen molar-refractivity contribution < 1.29 is 0 Å². The molecule has 5 nitrogen and oxygen atoms in total. The highest BCUT2D eigenvalue weighted by atomic mass is 15.4. The maximum atomic E-state index is 5.60. The largest absolute Gasteiger partial charge is 0.383 e. The average Bonchev–Trinajstić information content (AvgIpc) is 2.53. The summed E-state index contributed by atoms with van der Waals surface area (Å²) in [5.41, 5.74) is 8.54. The molecule has 0 fully saturated rings. The van der Waals surface area contributed by atoms with Gasteiger partial charge in [0, 0.05) is 19.4 Å². The van der Waals surface area contributed by atoms with Crippen LogP contribution < -0.4 is 11.2 Å². The normalized spacial score (nSPS) is 10.6. The van der Waals surface area contributed by atoms with Crippen molar-refractivity contribution in [3.05, 3.63) is 18.6 Å². The Kier molecular flexibility index (Phi) is 1.06. The molecule has 0 aromatic carbocycles. The number of nitrogens with two attached hydrogens (primary N) is 1. The van der Waals surface area contributed by atoms with Crippen LogP contribution in [0.1, 0.15) is 0 Å². The fourth-order valence-electron chi connectivity index (χ4n) is 1.07. The molecule has 2 aromatic heterocycles. The van der Waals surface area contributed by atoms with Crippen LogP contribution in [-0.4, -0.2) is 21.1 Å². The summed E-state index contributed by atoms with van der Waals surface area (Å²) < 4.78 is 3.59. The SMILES string of the molecule is CNn1ccn2c(N)cnc12. The van der Waals surface area contributed by atoms with Gasteiger partial charge in [-0.2, -0.15) is 0 Å². The summed E-state index contributed by atoms with van der Waals surface area (Å²) in [5.74, 6) is 1.44. The van der Waals surface area contributed by atoms with E-state index in [1.807, 2.05) is 19.4 Å². The van der Waals surface area contributed by atoms with Gasteiger partial charge in [0.1, 0.15) is 5.82 Å². The van der Waals surface area contributed by atoms with Crippen LogP contribution in [0.5, 0.6) is 0 Å². The Morgan fingerprint density at radius 2 is 2.36 bits per heavy atom. The Morgan fingerprint density at radius 1 is 1.55 bits per heavy atom. The predicted molar refractivity (Wildman–Crippen MR) is 42.9 cm³/mol. The molecule has 0 bridgehead atoms. The number of hydrogen-bond donors (Lipinski definition) is 2. The third-order valence-corrected chi connectivity index (χ3v) is 1.63. The van der Waals surface area contributed by atoms with Crippen LogP contribution in [0.3, 0.4) is 0 Å². The molecular weight excluding hydrogens is 142 g/mol. The summed E-state index contributed by atoms with van der Waals surface area (Å²) in [7, 11) is 1.82. The number of fused-ring (bicyclic) bond motifs is 1. The van der Waals surface area contributed by atoms with E-state index in [-0.39, 0.29) is 0 Å². The molecule has 0 unspecified atom stereocenters. The third kappa shape index (κ3) is 0.674. The second kappa shape index (κ2) is 1.91. The summed E-state index contributed by atoms with van der Waals surface area (Å²) in [6, 6.07) is 0. The van der Waals surface area contributed by atoms with Gasteiger partial charge in [0.2, 0.25) is 5.78 Å². The van der Waals surface area contributed by atoms with E-state index in [0.29, 0.717) is 5.82 Å². The van der Waals surface area contributed by atoms with E-state index in [9.17, 15) is 0 Å². The predicted octanol–water partition coefficient (Wildman–Crippen LogP) is -0.109. The van der Waals surface area contributed by atoms with Crippen LogP contribution in [-0.2, 0) is 0 Å². The molecule has 0 atom stereocenters. The number of rotatable bonds is 1. The molecule has 0 radical (unpaired) electrons. The Labute approximate surface area is 63.4 Å². The number of imidazole rings is 2. The van der Waals surface area contributed by atoms with E-state index >= 15 is 0 Å². The van der Waals surface area contributed by atoms with Gasteiger partial charge in [-0.05, 0) is 0 Å². The maximum Gasteiger partial charge on any atom is 0.234 e. The van der Waals surface area contributed by atoms with Crippen molar-refractivity contribution in [2.24, 2.45) is 0 Å². The molecule has 0 aliphatic heterocycles. The van der Waals surface area contributed by atoms with Crippen molar-refractivity contribution in [1.82, 2.24) is 14.1 Å². The van der Waals surface area contributed by atoms with E-state index in [2.05, 4.69) is 10.4 Å². The first-order valence-electron chi connectivity index (χ1n) is 3.30. The Balaban J connectivity index is 2.77. The molecule has 0 saturated heterocycles. The lowest BCUT2D eigenvalue weighted by Crippen LogP contribution is -2.07. The molecule has 2 rings (SSSR count). The van der Waals surface area contributed by atoms with Crippen molar-refractivity contribution in [2.75, 3.05) is 18.2 Å². The van der Waals surface area contributed by atoms with E-state index in [1.165, 1.54) is 0 Å². The van der Waals surface area contributed by atoms with Gasteiger partial charge in [0.25, 0.3) is 0 Å². The lowest BCUT2D eigenvalue weighted by atomic mass is 10.8. The quantitative estimate of drug-likeness (QED) is 0.598. The van der Waals surface area contributed by atoms with Crippen molar-refractivity contribution in [1.29, 1.82) is 0 Å². The van der Waals surface area contributed by atoms with Gasteiger partial charge in [0.15, 0.2) is 0 Å². The van der Waals surface area contributed by atoms with Crippen LogP contribution >= 0.6 is 0 Å². The van der Waals surface area contributed by atoms with Crippen molar-refractivity contribution in [3.63, 3.8) is 0 Å². The van der Waals surface area contributed by atoms with Gasteiger partial charge < -0.3 is 11.2 Å². The summed E-state index contributed by atoms with van der Waals surface area (Å²) in [6.45, 7) is 0. The minimum atomic E-state index is 0.647. The number of nitrogens with zero attached hydrogens (tertiary/aromatic N) is 3. The maximum absolute atomic E-state index is 5.60. The van der Waals surface area contributed by atoms with Gasteiger partial charge in [-0.15, -0.1) is 0 Å². The van der Waals surface area contributed by atoms with Crippen LogP contribution in [0.2, 0.25) is 0 Å². The van der Waals surface area contributed by atoms with E-state index in [1.54, 1.807) is 15.3 Å². The summed E-state index contributed by atoms with van der Waals surface area (Å²) in [6.07, 6.45) is 5.34. The highest BCUT2D eigenvalue weighted by Gasteiger charge is 2.02. The molecular formula is C6H9N5. The topological polar surface area (TPSA) is 60.3 Å². The molecule has 2 aromatic rings. The Hall–Kier alpha value is -1.65. The number of hydrogen-bond acceptors (Lipinski definition) is 3. The van der Waals surface area contributed by atoms with Crippen molar-refractivity contribution in [3.8, 4) is 0 Å². The fourth-order valence-corrected chi connectivity index (χ4v) is 1.07. The van der Waals surface area contributed by atoms with Crippen LogP contribution in [0, 0.1) is 0 Å². The van der Waals surface area contributed by atoms with E-state index in [0.717, 1.165) is 5.78 Å². The molecule has 2 heterocycles. The van der Waals surface area contributed by atoms with Gasteiger partial charge in [-0.3, -0.25) is 4.40 Å².